The number of nitrogens with one attached hydrogen (secondary N) is 1. The first-order chi connectivity index (χ1) is 9.40. The van der Waals surface area contributed by atoms with Crippen LogP contribution >= 0.6 is 34.5 Å². The Balaban J connectivity index is 2.35. The van der Waals surface area contributed by atoms with Gasteiger partial charge in [-0.1, -0.05) is 29.3 Å². The van der Waals surface area contributed by atoms with Gasteiger partial charge in [0.2, 0.25) is 0 Å². The van der Waals surface area contributed by atoms with E-state index in [2.05, 4.69) is 5.32 Å². The summed E-state index contributed by atoms with van der Waals surface area (Å²) in [7, 11) is 0. The van der Waals surface area contributed by atoms with Crippen molar-refractivity contribution in [2.45, 2.75) is 13.0 Å². The number of hydrogen-bond donors (Lipinski definition) is 1. The molecular formula is C12H9Cl2FN2O2S. The van der Waals surface area contributed by atoms with Gasteiger partial charge in [-0.25, -0.2) is 4.39 Å². The van der Waals surface area contributed by atoms with Crippen LogP contribution in [0.2, 0.25) is 8.67 Å². The lowest BCUT2D eigenvalue weighted by atomic mass is 10.1. The highest BCUT2D eigenvalue weighted by molar-refractivity contribution is 7.20. The molecule has 1 heterocycles. The minimum atomic E-state index is -0.691. The van der Waals surface area contributed by atoms with Gasteiger partial charge < -0.3 is 5.32 Å². The lowest BCUT2D eigenvalue weighted by Crippen LogP contribution is -2.09. The van der Waals surface area contributed by atoms with Crippen LogP contribution in [0.5, 0.6) is 0 Å². The molecule has 1 aromatic heterocycles. The molecule has 1 atom stereocenters. The number of thiophene rings is 1. The predicted molar refractivity (Wildman–Crippen MR) is 79.4 cm³/mol. The Kier molecular flexibility index (Phi) is 4.47. The van der Waals surface area contributed by atoms with Crippen molar-refractivity contribution in [3.8, 4) is 0 Å². The molecule has 1 N–H and O–H groups in total. The summed E-state index contributed by atoms with van der Waals surface area (Å²) in [6.07, 6.45) is 0. The van der Waals surface area contributed by atoms with Crippen molar-refractivity contribution in [3.05, 3.63) is 54.4 Å². The standard InChI is InChI=1S/C12H9Cl2FN2O2S/c1-6(7-5-10(13)20-12(7)14)16-11-8(15)3-2-4-9(11)17(18)19/h2-6,16H,1H3. The Bertz CT molecular complexity index is 663. The van der Waals surface area contributed by atoms with E-state index in [9.17, 15) is 14.5 Å². The molecule has 2 rings (SSSR count). The van der Waals surface area contributed by atoms with Gasteiger partial charge in [-0.15, -0.1) is 11.3 Å². The van der Waals surface area contributed by atoms with Crippen molar-refractivity contribution in [1.29, 1.82) is 0 Å². The number of rotatable bonds is 4. The van der Waals surface area contributed by atoms with Gasteiger partial charge in [0, 0.05) is 11.6 Å². The highest BCUT2D eigenvalue weighted by Crippen LogP contribution is 2.37. The van der Waals surface area contributed by atoms with Gasteiger partial charge in [-0.3, -0.25) is 10.1 Å². The molecule has 2 aromatic rings. The second-order valence-corrected chi connectivity index (χ2v) is 6.32. The molecule has 0 amide bonds. The quantitative estimate of drug-likeness (QED) is 0.611. The van der Waals surface area contributed by atoms with Crippen LogP contribution in [0.15, 0.2) is 24.3 Å². The Labute approximate surface area is 128 Å². The summed E-state index contributed by atoms with van der Waals surface area (Å²) in [6, 6.07) is 4.92. The van der Waals surface area contributed by atoms with Crippen molar-refractivity contribution in [3.63, 3.8) is 0 Å². The predicted octanol–water partition coefficient (Wildman–Crippen LogP) is 5.28. The minimum Gasteiger partial charge on any atom is -0.370 e. The molecule has 0 aliphatic heterocycles. The van der Waals surface area contributed by atoms with Gasteiger partial charge >= 0.3 is 0 Å². The molecule has 0 aliphatic rings. The molecule has 0 fully saturated rings. The fraction of sp³-hybridized carbons (Fsp3) is 0.167. The van der Waals surface area contributed by atoms with Gasteiger partial charge in [0.25, 0.3) is 5.69 Å². The van der Waals surface area contributed by atoms with Crippen LogP contribution in [0, 0.1) is 15.9 Å². The summed E-state index contributed by atoms with van der Waals surface area (Å²) in [5, 5.41) is 13.7. The summed E-state index contributed by atoms with van der Waals surface area (Å²) in [6.45, 7) is 1.72. The molecule has 0 spiro atoms. The molecule has 1 unspecified atom stereocenters. The molecular weight excluding hydrogens is 326 g/mol. The molecule has 0 bridgehead atoms. The topological polar surface area (TPSA) is 55.2 Å². The zero-order valence-electron chi connectivity index (χ0n) is 10.2. The highest BCUT2D eigenvalue weighted by Gasteiger charge is 2.21. The molecule has 106 valence electrons. The van der Waals surface area contributed by atoms with E-state index >= 15 is 0 Å². The lowest BCUT2D eigenvalue weighted by molar-refractivity contribution is -0.384. The third-order valence-electron chi connectivity index (χ3n) is 2.70. The van der Waals surface area contributed by atoms with Crippen LogP contribution < -0.4 is 5.32 Å². The number of nitro groups is 1. The smallest absolute Gasteiger partial charge is 0.295 e. The van der Waals surface area contributed by atoms with Crippen LogP contribution in [0.1, 0.15) is 18.5 Å². The molecule has 1 aromatic carbocycles. The SMILES string of the molecule is CC(Nc1c(F)cccc1[N+](=O)[O-])c1cc(Cl)sc1Cl. The Morgan fingerprint density at radius 1 is 1.45 bits per heavy atom. The van der Waals surface area contributed by atoms with E-state index in [1.165, 1.54) is 23.5 Å². The maximum absolute atomic E-state index is 13.8. The first-order valence-electron chi connectivity index (χ1n) is 5.54. The first-order valence-corrected chi connectivity index (χ1v) is 7.11. The monoisotopic (exact) mass is 334 g/mol. The number of nitrogens with zero attached hydrogens (tertiary/aromatic N) is 1. The zero-order chi connectivity index (χ0) is 14.9. The van der Waals surface area contributed by atoms with Gasteiger partial charge in [-0.2, -0.15) is 0 Å². The second kappa shape index (κ2) is 5.95. The number of benzene rings is 1. The fourth-order valence-electron chi connectivity index (χ4n) is 1.75. The molecule has 0 saturated heterocycles. The van der Waals surface area contributed by atoms with Gasteiger partial charge in [0.05, 0.1) is 19.6 Å². The Morgan fingerprint density at radius 3 is 2.70 bits per heavy atom. The van der Waals surface area contributed by atoms with Crippen molar-refractivity contribution in [2.24, 2.45) is 0 Å². The summed E-state index contributed by atoms with van der Waals surface area (Å²) >= 11 is 13.1. The average molecular weight is 335 g/mol. The van der Waals surface area contributed by atoms with Gasteiger partial charge in [0.15, 0.2) is 5.82 Å². The van der Waals surface area contributed by atoms with Crippen LogP contribution in [-0.2, 0) is 0 Å². The second-order valence-electron chi connectivity index (χ2n) is 4.04. The molecule has 4 nitrogen and oxygen atoms in total. The molecule has 0 aliphatic carbocycles. The van der Waals surface area contributed by atoms with Gasteiger partial charge in [-0.05, 0) is 19.1 Å². The van der Waals surface area contributed by atoms with E-state index in [0.717, 1.165) is 6.07 Å². The van der Waals surface area contributed by atoms with E-state index in [1.54, 1.807) is 13.0 Å². The number of para-hydroxylation sites is 1. The van der Waals surface area contributed by atoms with Crippen molar-refractivity contribution < 1.29 is 9.31 Å². The summed E-state index contributed by atoms with van der Waals surface area (Å²) in [5.41, 5.74) is 0.178. The fourth-order valence-corrected chi connectivity index (χ4v) is 3.40. The Hall–Kier alpha value is -1.37. The summed E-state index contributed by atoms with van der Waals surface area (Å²) in [5.74, 6) is -0.691. The number of halogens is 3. The zero-order valence-corrected chi connectivity index (χ0v) is 12.5. The normalized spacial score (nSPS) is 12.2. The third-order valence-corrected chi connectivity index (χ3v) is 4.22. The number of nitro benzene ring substituents is 1. The van der Waals surface area contributed by atoms with Crippen LogP contribution in [0.25, 0.3) is 0 Å². The van der Waals surface area contributed by atoms with Crippen LogP contribution in [-0.4, -0.2) is 4.92 Å². The van der Waals surface area contributed by atoms with E-state index in [0.29, 0.717) is 14.2 Å². The maximum Gasteiger partial charge on any atom is 0.295 e. The van der Waals surface area contributed by atoms with E-state index in [4.69, 9.17) is 23.2 Å². The Morgan fingerprint density at radius 2 is 2.15 bits per heavy atom. The third kappa shape index (κ3) is 3.03. The van der Waals surface area contributed by atoms with E-state index in [1.807, 2.05) is 0 Å². The average Bonchev–Trinajstić information content (AvgIpc) is 2.70. The van der Waals surface area contributed by atoms with Crippen LogP contribution in [0.3, 0.4) is 0 Å². The first kappa shape index (κ1) is 15.0. The molecule has 0 radical (unpaired) electrons. The summed E-state index contributed by atoms with van der Waals surface area (Å²) < 4.78 is 14.7. The van der Waals surface area contributed by atoms with E-state index in [-0.39, 0.29) is 11.4 Å². The molecule has 20 heavy (non-hydrogen) atoms. The van der Waals surface area contributed by atoms with Gasteiger partial charge in [0.1, 0.15) is 5.69 Å². The largest absolute Gasteiger partial charge is 0.370 e. The highest BCUT2D eigenvalue weighted by atomic mass is 35.5. The van der Waals surface area contributed by atoms with Crippen molar-refractivity contribution >= 4 is 45.9 Å². The van der Waals surface area contributed by atoms with E-state index < -0.39 is 16.8 Å². The molecule has 8 heteroatoms. The minimum absolute atomic E-state index is 0.164. The van der Waals surface area contributed by atoms with Crippen molar-refractivity contribution in [2.75, 3.05) is 5.32 Å². The van der Waals surface area contributed by atoms with Crippen molar-refractivity contribution in [1.82, 2.24) is 0 Å². The number of anilines is 1. The maximum atomic E-state index is 13.8. The lowest BCUT2D eigenvalue weighted by Gasteiger charge is -2.15. The number of hydrogen-bond acceptors (Lipinski definition) is 4. The summed E-state index contributed by atoms with van der Waals surface area (Å²) in [4.78, 5) is 10.3. The molecule has 0 saturated carbocycles. The van der Waals surface area contributed by atoms with Crippen LogP contribution in [0.4, 0.5) is 15.8 Å².